The van der Waals surface area contributed by atoms with E-state index in [9.17, 15) is 4.79 Å². The maximum atomic E-state index is 12.1. The van der Waals surface area contributed by atoms with Gasteiger partial charge in [0.05, 0.1) is 18.7 Å². The van der Waals surface area contributed by atoms with Gasteiger partial charge in [-0.15, -0.1) is 0 Å². The number of ether oxygens (including phenoxy) is 1. The fourth-order valence-electron chi connectivity index (χ4n) is 2.00. The van der Waals surface area contributed by atoms with E-state index < -0.39 is 0 Å². The van der Waals surface area contributed by atoms with Gasteiger partial charge in [0.1, 0.15) is 5.75 Å². The quantitative estimate of drug-likeness (QED) is 0.908. The van der Waals surface area contributed by atoms with Crippen LogP contribution in [-0.2, 0) is 0 Å². The van der Waals surface area contributed by atoms with E-state index in [-0.39, 0.29) is 11.9 Å². The van der Waals surface area contributed by atoms with E-state index in [1.165, 1.54) is 0 Å². The van der Waals surface area contributed by atoms with Crippen LogP contribution in [0.3, 0.4) is 0 Å². The van der Waals surface area contributed by atoms with Crippen LogP contribution in [-0.4, -0.2) is 18.0 Å². The second-order valence-corrected chi connectivity index (χ2v) is 4.45. The molecule has 0 fully saturated rings. The number of nitrogens with one attached hydrogen (secondary N) is 1. The van der Waals surface area contributed by atoms with Crippen molar-refractivity contribution in [2.45, 2.75) is 19.4 Å². The van der Waals surface area contributed by atoms with Crippen LogP contribution in [0.15, 0.2) is 48.8 Å². The van der Waals surface area contributed by atoms with E-state index in [2.05, 4.69) is 10.3 Å². The first-order valence-corrected chi connectivity index (χ1v) is 6.59. The third kappa shape index (κ3) is 3.35. The monoisotopic (exact) mass is 270 g/mol. The zero-order valence-electron chi connectivity index (χ0n) is 11.7. The molecule has 2 rings (SSSR count). The van der Waals surface area contributed by atoms with Gasteiger partial charge in [-0.3, -0.25) is 9.78 Å². The second-order valence-electron chi connectivity index (χ2n) is 4.45. The Balaban J connectivity index is 2.10. The summed E-state index contributed by atoms with van der Waals surface area (Å²) in [5.41, 5.74) is 1.63. The van der Waals surface area contributed by atoms with Crippen LogP contribution in [0.2, 0.25) is 0 Å². The topological polar surface area (TPSA) is 51.2 Å². The van der Waals surface area contributed by atoms with Crippen LogP contribution in [0.25, 0.3) is 0 Å². The number of rotatable bonds is 5. The molecule has 2 aromatic rings. The highest BCUT2D eigenvalue weighted by atomic mass is 16.5. The molecule has 1 N–H and O–H groups in total. The van der Waals surface area contributed by atoms with Crippen LogP contribution in [0, 0.1) is 0 Å². The molecule has 0 saturated carbocycles. The summed E-state index contributed by atoms with van der Waals surface area (Å²) in [5.74, 6) is 0.697. The van der Waals surface area contributed by atoms with Crippen molar-refractivity contribution < 1.29 is 9.53 Å². The van der Waals surface area contributed by atoms with E-state index in [1.807, 2.05) is 31.2 Å². The molecule has 1 aromatic heterocycles. The molecular weight excluding hydrogens is 252 g/mol. The maximum Gasteiger partial charge on any atom is 0.253 e. The number of methoxy groups -OCH3 is 1. The van der Waals surface area contributed by atoms with Gasteiger partial charge < -0.3 is 10.1 Å². The van der Waals surface area contributed by atoms with Crippen molar-refractivity contribution in [1.82, 2.24) is 10.3 Å². The Morgan fingerprint density at radius 1 is 1.30 bits per heavy atom. The summed E-state index contributed by atoms with van der Waals surface area (Å²) in [5, 5.41) is 3.02. The molecule has 0 aliphatic rings. The summed E-state index contributed by atoms with van der Waals surface area (Å²) < 4.78 is 5.14. The highest BCUT2D eigenvalue weighted by Crippen LogP contribution is 2.20. The number of nitrogens with zero attached hydrogens (tertiary/aromatic N) is 1. The van der Waals surface area contributed by atoms with Gasteiger partial charge in [0.15, 0.2) is 0 Å². The minimum atomic E-state index is -0.110. The minimum Gasteiger partial charge on any atom is -0.497 e. The molecule has 1 heterocycles. The molecule has 0 spiro atoms. The summed E-state index contributed by atoms with van der Waals surface area (Å²) >= 11 is 0. The largest absolute Gasteiger partial charge is 0.497 e. The Morgan fingerprint density at radius 2 is 2.05 bits per heavy atom. The summed E-state index contributed by atoms with van der Waals surface area (Å²) in [6.07, 6.45) is 4.03. The fraction of sp³-hybridized carbons (Fsp3) is 0.250. The first kappa shape index (κ1) is 14.1. The van der Waals surface area contributed by atoms with Crippen molar-refractivity contribution in [1.29, 1.82) is 0 Å². The summed E-state index contributed by atoms with van der Waals surface area (Å²) in [6, 6.07) is 11.2. The first-order valence-electron chi connectivity index (χ1n) is 6.59. The van der Waals surface area contributed by atoms with Crippen molar-refractivity contribution >= 4 is 5.91 Å². The number of hydrogen-bond donors (Lipinski definition) is 1. The van der Waals surface area contributed by atoms with Gasteiger partial charge in [0.25, 0.3) is 5.91 Å². The number of carbonyl (C=O) groups is 1. The van der Waals surface area contributed by atoms with Gasteiger partial charge >= 0.3 is 0 Å². The van der Waals surface area contributed by atoms with Gasteiger partial charge in [-0.1, -0.05) is 19.1 Å². The molecule has 0 aliphatic heterocycles. The van der Waals surface area contributed by atoms with Gasteiger partial charge in [-0.25, -0.2) is 0 Å². The molecule has 1 atom stereocenters. The number of benzene rings is 1. The molecule has 1 amide bonds. The van der Waals surface area contributed by atoms with E-state index in [0.29, 0.717) is 5.56 Å². The van der Waals surface area contributed by atoms with Gasteiger partial charge in [0, 0.05) is 12.4 Å². The zero-order chi connectivity index (χ0) is 14.4. The third-order valence-electron chi connectivity index (χ3n) is 3.16. The molecule has 0 unspecified atom stereocenters. The van der Waals surface area contributed by atoms with Crippen molar-refractivity contribution in [2.24, 2.45) is 0 Å². The molecule has 0 radical (unpaired) electrons. The second kappa shape index (κ2) is 6.70. The van der Waals surface area contributed by atoms with E-state index in [0.717, 1.165) is 17.7 Å². The average molecular weight is 270 g/mol. The molecule has 0 bridgehead atoms. The van der Waals surface area contributed by atoms with Gasteiger partial charge in [0.2, 0.25) is 0 Å². The van der Waals surface area contributed by atoms with Crippen molar-refractivity contribution in [3.8, 4) is 5.75 Å². The van der Waals surface area contributed by atoms with E-state index in [1.54, 1.807) is 31.6 Å². The Labute approximate surface area is 118 Å². The van der Waals surface area contributed by atoms with E-state index in [4.69, 9.17) is 4.74 Å². The molecule has 1 aromatic carbocycles. The van der Waals surface area contributed by atoms with E-state index >= 15 is 0 Å². The van der Waals surface area contributed by atoms with Crippen LogP contribution < -0.4 is 10.1 Å². The lowest BCUT2D eigenvalue weighted by atomic mass is 10.0. The standard InChI is InChI=1S/C16H18N2O2/c1-3-15(12-6-8-14(20-2)9-7-12)18-16(19)13-5-4-10-17-11-13/h4-11,15H,3H2,1-2H3,(H,18,19)/t15-/m1/s1. The van der Waals surface area contributed by atoms with Crippen molar-refractivity contribution in [2.75, 3.05) is 7.11 Å². The number of hydrogen-bond acceptors (Lipinski definition) is 3. The minimum absolute atomic E-state index is 0.0198. The normalized spacial score (nSPS) is 11.7. The Kier molecular flexibility index (Phi) is 4.71. The Hall–Kier alpha value is -2.36. The lowest BCUT2D eigenvalue weighted by molar-refractivity contribution is 0.0935. The summed E-state index contributed by atoms with van der Waals surface area (Å²) in [6.45, 7) is 2.04. The average Bonchev–Trinajstić information content (AvgIpc) is 2.53. The fourth-order valence-corrected chi connectivity index (χ4v) is 2.00. The number of pyridine rings is 1. The van der Waals surface area contributed by atoms with Crippen LogP contribution >= 0.6 is 0 Å². The highest BCUT2D eigenvalue weighted by Gasteiger charge is 2.14. The predicted molar refractivity (Wildman–Crippen MR) is 77.7 cm³/mol. The van der Waals surface area contributed by atoms with Crippen molar-refractivity contribution in [3.63, 3.8) is 0 Å². The molecule has 20 heavy (non-hydrogen) atoms. The van der Waals surface area contributed by atoms with Gasteiger partial charge in [-0.2, -0.15) is 0 Å². The van der Waals surface area contributed by atoms with Crippen LogP contribution in [0.1, 0.15) is 35.3 Å². The summed E-state index contributed by atoms with van der Waals surface area (Å²) in [7, 11) is 1.64. The number of amides is 1. The summed E-state index contributed by atoms with van der Waals surface area (Å²) in [4.78, 5) is 16.1. The molecule has 4 heteroatoms. The molecule has 0 saturated heterocycles. The zero-order valence-corrected chi connectivity index (χ0v) is 11.7. The molecule has 104 valence electrons. The van der Waals surface area contributed by atoms with Gasteiger partial charge in [-0.05, 0) is 36.2 Å². The first-order chi connectivity index (χ1) is 9.74. The number of carbonyl (C=O) groups excluding carboxylic acids is 1. The Bertz CT molecular complexity index is 552. The van der Waals surface area contributed by atoms with Crippen LogP contribution in [0.4, 0.5) is 0 Å². The maximum absolute atomic E-state index is 12.1. The molecule has 4 nitrogen and oxygen atoms in total. The lowest BCUT2D eigenvalue weighted by Crippen LogP contribution is -2.28. The number of aromatic nitrogens is 1. The lowest BCUT2D eigenvalue weighted by Gasteiger charge is -2.17. The van der Waals surface area contributed by atoms with Crippen LogP contribution in [0.5, 0.6) is 5.75 Å². The highest BCUT2D eigenvalue weighted by molar-refractivity contribution is 5.94. The predicted octanol–water partition coefficient (Wildman–Crippen LogP) is 2.97. The van der Waals surface area contributed by atoms with Crippen molar-refractivity contribution in [3.05, 3.63) is 59.9 Å². The smallest absolute Gasteiger partial charge is 0.253 e. The molecule has 0 aliphatic carbocycles. The third-order valence-corrected chi connectivity index (χ3v) is 3.16. The molecular formula is C16H18N2O2. The Morgan fingerprint density at radius 3 is 2.60 bits per heavy atom. The SMILES string of the molecule is CC[C@@H](NC(=O)c1cccnc1)c1ccc(OC)cc1.